The Kier molecular flexibility index (Phi) is 3.02. The molecule has 1 aromatic heterocycles. The fourth-order valence-electron chi connectivity index (χ4n) is 2.01. The van der Waals surface area contributed by atoms with Crippen LogP contribution in [0.4, 0.5) is 0 Å². The van der Waals surface area contributed by atoms with Crippen LogP contribution in [0, 0.1) is 5.92 Å². The number of nitrogens with zero attached hydrogens (tertiary/aromatic N) is 4. The van der Waals surface area contributed by atoms with E-state index in [2.05, 4.69) is 22.1 Å². The van der Waals surface area contributed by atoms with Gasteiger partial charge in [0.1, 0.15) is 0 Å². The van der Waals surface area contributed by atoms with E-state index in [1.807, 2.05) is 13.2 Å². The third-order valence-electron chi connectivity index (χ3n) is 3.14. The third kappa shape index (κ3) is 2.54. The maximum atomic E-state index is 6.04. The molecule has 2 N–H and O–H groups in total. The molecular formula is C10H19N5. The van der Waals surface area contributed by atoms with Crippen molar-refractivity contribution >= 4 is 0 Å². The number of aromatic nitrogens is 3. The van der Waals surface area contributed by atoms with Gasteiger partial charge in [0.2, 0.25) is 0 Å². The Labute approximate surface area is 90.2 Å². The summed E-state index contributed by atoms with van der Waals surface area (Å²) in [5.74, 6) is 0.642. The molecule has 2 atom stereocenters. The van der Waals surface area contributed by atoms with Gasteiger partial charge in [-0.05, 0) is 18.9 Å². The molecule has 0 spiro atoms. The SMILES string of the molecule is CC1CCN(Cc2cn(C)nn2)CC1N. The van der Waals surface area contributed by atoms with Crippen molar-refractivity contribution in [2.24, 2.45) is 18.7 Å². The second-order valence-electron chi connectivity index (χ2n) is 4.55. The van der Waals surface area contributed by atoms with Crippen LogP contribution in [0.5, 0.6) is 0 Å². The fraction of sp³-hybridized carbons (Fsp3) is 0.800. The highest BCUT2D eigenvalue weighted by atomic mass is 15.4. The van der Waals surface area contributed by atoms with Gasteiger partial charge in [-0.25, -0.2) is 0 Å². The maximum Gasteiger partial charge on any atom is 0.0967 e. The lowest BCUT2D eigenvalue weighted by Gasteiger charge is -2.34. The van der Waals surface area contributed by atoms with Crippen LogP contribution in [-0.4, -0.2) is 39.0 Å². The predicted molar refractivity (Wildman–Crippen MR) is 58.0 cm³/mol. The normalized spacial score (nSPS) is 28.2. The first-order valence-electron chi connectivity index (χ1n) is 5.48. The molecule has 2 heterocycles. The highest BCUT2D eigenvalue weighted by molar-refractivity contribution is 4.93. The molecule has 2 rings (SSSR count). The summed E-state index contributed by atoms with van der Waals surface area (Å²) in [5.41, 5.74) is 7.07. The van der Waals surface area contributed by atoms with Gasteiger partial charge in [-0.1, -0.05) is 12.1 Å². The van der Waals surface area contributed by atoms with Crippen LogP contribution in [0.3, 0.4) is 0 Å². The number of likely N-dealkylation sites (tertiary alicyclic amines) is 1. The molecule has 0 amide bonds. The quantitative estimate of drug-likeness (QED) is 0.744. The van der Waals surface area contributed by atoms with Crippen molar-refractivity contribution in [1.29, 1.82) is 0 Å². The van der Waals surface area contributed by atoms with Crippen molar-refractivity contribution in [1.82, 2.24) is 19.9 Å². The Balaban J connectivity index is 1.90. The molecule has 84 valence electrons. The molecule has 0 bridgehead atoms. The van der Waals surface area contributed by atoms with E-state index in [0.717, 1.165) is 25.3 Å². The first-order chi connectivity index (χ1) is 7.15. The fourth-order valence-corrected chi connectivity index (χ4v) is 2.01. The molecule has 0 aromatic carbocycles. The van der Waals surface area contributed by atoms with Crippen LogP contribution in [0.2, 0.25) is 0 Å². The molecule has 2 unspecified atom stereocenters. The minimum Gasteiger partial charge on any atom is -0.326 e. The van der Waals surface area contributed by atoms with E-state index in [4.69, 9.17) is 5.73 Å². The zero-order valence-electron chi connectivity index (χ0n) is 9.43. The van der Waals surface area contributed by atoms with Crippen molar-refractivity contribution in [2.75, 3.05) is 13.1 Å². The summed E-state index contributed by atoms with van der Waals surface area (Å²) in [5, 5.41) is 8.01. The summed E-state index contributed by atoms with van der Waals surface area (Å²) in [6.45, 7) is 5.18. The lowest BCUT2D eigenvalue weighted by Crippen LogP contribution is -2.47. The molecule has 1 fully saturated rings. The van der Waals surface area contributed by atoms with E-state index >= 15 is 0 Å². The van der Waals surface area contributed by atoms with Crippen molar-refractivity contribution < 1.29 is 0 Å². The maximum absolute atomic E-state index is 6.04. The Hall–Kier alpha value is -0.940. The summed E-state index contributed by atoms with van der Waals surface area (Å²) in [4.78, 5) is 2.36. The Morgan fingerprint density at radius 3 is 3.00 bits per heavy atom. The highest BCUT2D eigenvalue weighted by Gasteiger charge is 2.23. The van der Waals surface area contributed by atoms with Crippen LogP contribution < -0.4 is 5.73 Å². The number of hydrogen-bond acceptors (Lipinski definition) is 4. The summed E-state index contributed by atoms with van der Waals surface area (Å²) < 4.78 is 1.74. The molecule has 0 saturated carbocycles. The second kappa shape index (κ2) is 4.28. The molecule has 1 aliphatic heterocycles. The van der Waals surface area contributed by atoms with Gasteiger partial charge >= 0.3 is 0 Å². The molecule has 0 aliphatic carbocycles. The second-order valence-corrected chi connectivity index (χ2v) is 4.55. The van der Waals surface area contributed by atoms with E-state index < -0.39 is 0 Å². The van der Waals surface area contributed by atoms with Crippen LogP contribution in [0.25, 0.3) is 0 Å². The van der Waals surface area contributed by atoms with Gasteiger partial charge < -0.3 is 5.73 Å². The Bertz CT molecular complexity index is 321. The summed E-state index contributed by atoms with van der Waals surface area (Å²) >= 11 is 0. The highest BCUT2D eigenvalue weighted by Crippen LogP contribution is 2.16. The largest absolute Gasteiger partial charge is 0.326 e. The van der Waals surface area contributed by atoms with E-state index in [1.165, 1.54) is 6.42 Å². The van der Waals surface area contributed by atoms with Gasteiger partial charge in [0, 0.05) is 32.4 Å². The van der Waals surface area contributed by atoms with E-state index in [0.29, 0.717) is 12.0 Å². The van der Waals surface area contributed by atoms with E-state index in [-0.39, 0.29) is 0 Å². The molecule has 5 heteroatoms. The van der Waals surface area contributed by atoms with Crippen LogP contribution in [0.15, 0.2) is 6.20 Å². The Morgan fingerprint density at radius 2 is 2.40 bits per heavy atom. The lowest BCUT2D eigenvalue weighted by atomic mass is 9.94. The smallest absolute Gasteiger partial charge is 0.0967 e. The molecule has 1 aliphatic rings. The van der Waals surface area contributed by atoms with E-state index in [1.54, 1.807) is 4.68 Å². The number of aryl methyl sites for hydroxylation is 1. The molecule has 5 nitrogen and oxygen atoms in total. The number of piperidine rings is 1. The Morgan fingerprint density at radius 1 is 1.60 bits per heavy atom. The average Bonchev–Trinajstić information content (AvgIpc) is 2.58. The topological polar surface area (TPSA) is 60.0 Å². The molecule has 0 radical (unpaired) electrons. The van der Waals surface area contributed by atoms with E-state index in [9.17, 15) is 0 Å². The standard InChI is InChI=1S/C10H19N5/c1-8-3-4-15(7-10(8)11)6-9-5-14(2)13-12-9/h5,8,10H,3-4,6-7,11H2,1-2H3. The first-order valence-corrected chi connectivity index (χ1v) is 5.48. The zero-order chi connectivity index (χ0) is 10.8. The summed E-state index contributed by atoms with van der Waals surface area (Å²) in [7, 11) is 1.89. The monoisotopic (exact) mass is 209 g/mol. The van der Waals surface area contributed by atoms with Gasteiger partial charge in [-0.15, -0.1) is 5.10 Å². The van der Waals surface area contributed by atoms with Crippen molar-refractivity contribution in [2.45, 2.75) is 25.9 Å². The number of hydrogen-bond donors (Lipinski definition) is 1. The van der Waals surface area contributed by atoms with Crippen LogP contribution >= 0.6 is 0 Å². The van der Waals surface area contributed by atoms with Crippen molar-refractivity contribution in [3.8, 4) is 0 Å². The van der Waals surface area contributed by atoms with Crippen LogP contribution in [0.1, 0.15) is 19.0 Å². The van der Waals surface area contributed by atoms with Gasteiger partial charge in [-0.3, -0.25) is 9.58 Å². The lowest BCUT2D eigenvalue weighted by molar-refractivity contribution is 0.160. The van der Waals surface area contributed by atoms with Gasteiger partial charge in [0.25, 0.3) is 0 Å². The number of rotatable bonds is 2. The minimum absolute atomic E-state index is 0.301. The molecular weight excluding hydrogens is 190 g/mol. The molecule has 1 aromatic rings. The van der Waals surface area contributed by atoms with Gasteiger partial charge in [0.15, 0.2) is 0 Å². The molecule has 1 saturated heterocycles. The zero-order valence-corrected chi connectivity index (χ0v) is 9.43. The predicted octanol–water partition coefficient (Wildman–Crippen LogP) is -0.0158. The first kappa shape index (κ1) is 10.6. The summed E-state index contributed by atoms with van der Waals surface area (Å²) in [6, 6.07) is 0.301. The van der Waals surface area contributed by atoms with Crippen molar-refractivity contribution in [3.05, 3.63) is 11.9 Å². The van der Waals surface area contributed by atoms with Gasteiger partial charge in [-0.2, -0.15) is 0 Å². The number of nitrogens with two attached hydrogens (primary N) is 1. The third-order valence-corrected chi connectivity index (χ3v) is 3.14. The minimum atomic E-state index is 0.301. The molecule has 15 heavy (non-hydrogen) atoms. The van der Waals surface area contributed by atoms with Gasteiger partial charge in [0.05, 0.1) is 5.69 Å². The van der Waals surface area contributed by atoms with Crippen molar-refractivity contribution in [3.63, 3.8) is 0 Å². The average molecular weight is 209 g/mol. The summed E-state index contributed by atoms with van der Waals surface area (Å²) in [6.07, 6.45) is 3.14. The van der Waals surface area contributed by atoms with Crippen LogP contribution in [-0.2, 0) is 13.6 Å².